The Kier molecular flexibility index (Phi) is 6.45. The minimum absolute atomic E-state index is 0.0374. The molecule has 1 aromatic heterocycles. The van der Waals surface area contributed by atoms with E-state index in [9.17, 15) is 18.0 Å². The maximum atomic E-state index is 12.5. The Morgan fingerprint density at radius 3 is 2.57 bits per heavy atom. The largest absolute Gasteiger partial charge is 0.417 e. The summed E-state index contributed by atoms with van der Waals surface area (Å²) in [6.45, 7) is 3.92. The van der Waals surface area contributed by atoms with Crippen LogP contribution < -0.4 is 5.32 Å². The number of unbranched alkanes of at least 4 members (excludes halogenated alkanes) is 1. The summed E-state index contributed by atoms with van der Waals surface area (Å²) < 4.78 is 37.5. The highest BCUT2D eigenvalue weighted by Crippen LogP contribution is 2.32. The number of nitrogens with zero attached hydrogens (tertiary/aromatic N) is 1. The third-order valence-electron chi connectivity index (χ3n) is 3.18. The van der Waals surface area contributed by atoms with Crippen LogP contribution in [-0.4, -0.2) is 10.9 Å². The van der Waals surface area contributed by atoms with E-state index < -0.39 is 11.7 Å². The Morgan fingerprint density at radius 1 is 1.43 bits per heavy atom. The number of amides is 1. The maximum Gasteiger partial charge on any atom is 0.417 e. The first-order valence-corrected chi connectivity index (χ1v) is 7.21. The number of hydrogen-bond donors (Lipinski definition) is 1. The maximum absolute atomic E-state index is 12.5. The number of rotatable bonds is 6. The lowest BCUT2D eigenvalue weighted by Gasteiger charge is -2.15. The van der Waals surface area contributed by atoms with E-state index in [1.54, 1.807) is 0 Å². The van der Waals surface area contributed by atoms with Gasteiger partial charge >= 0.3 is 6.18 Å². The van der Waals surface area contributed by atoms with E-state index in [1.807, 2.05) is 13.8 Å². The highest BCUT2D eigenvalue weighted by atomic mass is 35.5. The molecule has 1 N–H and O–H groups in total. The van der Waals surface area contributed by atoms with Crippen molar-refractivity contribution in [2.45, 2.75) is 45.7 Å². The normalized spacial score (nSPS) is 13.0. The molecule has 0 fully saturated rings. The van der Waals surface area contributed by atoms with Crippen LogP contribution in [0, 0.1) is 5.92 Å². The zero-order chi connectivity index (χ0) is 16.0. The van der Waals surface area contributed by atoms with E-state index in [0.29, 0.717) is 12.6 Å². The number of nitrogens with one attached hydrogen (secondary N) is 1. The van der Waals surface area contributed by atoms with Gasteiger partial charge in [0.05, 0.1) is 10.6 Å². The second kappa shape index (κ2) is 7.64. The number of carbonyl (C=O) groups is 1. The molecule has 0 radical (unpaired) electrons. The van der Waals surface area contributed by atoms with Crippen molar-refractivity contribution in [3.8, 4) is 0 Å². The number of aromatic nitrogens is 1. The quantitative estimate of drug-likeness (QED) is 0.808. The van der Waals surface area contributed by atoms with Crippen LogP contribution in [-0.2, 0) is 11.0 Å². The van der Waals surface area contributed by atoms with Gasteiger partial charge in [-0.1, -0.05) is 38.3 Å². The summed E-state index contributed by atoms with van der Waals surface area (Å²) in [5, 5.41) is 2.28. The minimum Gasteiger partial charge on any atom is -0.309 e. The highest BCUT2D eigenvalue weighted by Gasteiger charge is 2.31. The van der Waals surface area contributed by atoms with Gasteiger partial charge in [0.2, 0.25) is 5.91 Å². The van der Waals surface area contributed by atoms with Gasteiger partial charge < -0.3 is 5.32 Å². The average molecular weight is 323 g/mol. The van der Waals surface area contributed by atoms with E-state index in [0.717, 1.165) is 25.3 Å². The Bertz CT molecular complexity index is 492. The lowest BCUT2D eigenvalue weighted by Crippen LogP contribution is -2.23. The van der Waals surface area contributed by atoms with Crippen LogP contribution >= 0.6 is 11.6 Å². The molecule has 1 atom stereocenters. The van der Waals surface area contributed by atoms with Crippen molar-refractivity contribution in [1.29, 1.82) is 0 Å². The monoisotopic (exact) mass is 322 g/mol. The SMILES string of the molecule is CCCCC(CC)C(=O)Nc1ncc(C(F)(F)F)cc1Cl. The topological polar surface area (TPSA) is 42.0 Å². The minimum atomic E-state index is -4.51. The molecule has 21 heavy (non-hydrogen) atoms. The molecular weight excluding hydrogens is 305 g/mol. The van der Waals surface area contributed by atoms with Crippen LogP contribution in [0.2, 0.25) is 5.02 Å². The molecule has 1 rings (SSSR count). The van der Waals surface area contributed by atoms with Crippen molar-refractivity contribution in [2.24, 2.45) is 5.92 Å². The molecule has 1 amide bonds. The molecule has 0 aromatic carbocycles. The fourth-order valence-electron chi connectivity index (χ4n) is 1.87. The first-order chi connectivity index (χ1) is 9.79. The molecule has 1 unspecified atom stereocenters. The third kappa shape index (κ3) is 5.19. The predicted octanol–water partition coefficient (Wildman–Crippen LogP) is 4.91. The smallest absolute Gasteiger partial charge is 0.309 e. The fraction of sp³-hybridized carbons (Fsp3) is 0.571. The van der Waals surface area contributed by atoms with Gasteiger partial charge in [-0.2, -0.15) is 13.2 Å². The summed E-state index contributed by atoms with van der Waals surface area (Å²) in [6, 6.07) is 0.761. The highest BCUT2D eigenvalue weighted by molar-refractivity contribution is 6.33. The molecule has 0 aliphatic heterocycles. The molecule has 0 saturated heterocycles. The van der Waals surface area contributed by atoms with Crippen molar-refractivity contribution < 1.29 is 18.0 Å². The van der Waals surface area contributed by atoms with Crippen molar-refractivity contribution >= 4 is 23.3 Å². The van der Waals surface area contributed by atoms with Gasteiger partial charge in [-0.15, -0.1) is 0 Å². The molecule has 0 aliphatic carbocycles. The van der Waals surface area contributed by atoms with Crippen LogP contribution in [0.4, 0.5) is 19.0 Å². The Balaban J connectivity index is 2.81. The van der Waals surface area contributed by atoms with Crippen LogP contribution in [0.15, 0.2) is 12.3 Å². The Labute approximate surface area is 126 Å². The van der Waals surface area contributed by atoms with Crippen LogP contribution in [0.1, 0.15) is 45.1 Å². The number of hydrogen-bond acceptors (Lipinski definition) is 2. The standard InChI is InChI=1S/C14H18ClF3N2O/c1-3-5-6-9(4-2)13(21)20-12-11(15)7-10(8-19-12)14(16,17)18/h7-9H,3-6H2,1-2H3,(H,19,20,21). The molecule has 3 nitrogen and oxygen atoms in total. The molecule has 0 saturated carbocycles. The third-order valence-corrected chi connectivity index (χ3v) is 3.47. The van der Waals surface area contributed by atoms with Gasteiger partial charge in [0.15, 0.2) is 5.82 Å². The van der Waals surface area contributed by atoms with E-state index in [1.165, 1.54) is 0 Å². The average Bonchev–Trinajstić information content (AvgIpc) is 2.40. The van der Waals surface area contributed by atoms with E-state index in [-0.39, 0.29) is 22.7 Å². The molecule has 0 bridgehead atoms. The van der Waals surface area contributed by atoms with Crippen molar-refractivity contribution in [3.63, 3.8) is 0 Å². The summed E-state index contributed by atoms with van der Waals surface area (Å²) >= 11 is 5.75. The molecule has 0 spiro atoms. The summed E-state index contributed by atoms with van der Waals surface area (Å²) in [5.41, 5.74) is -0.941. The summed E-state index contributed by atoms with van der Waals surface area (Å²) in [7, 11) is 0. The zero-order valence-corrected chi connectivity index (χ0v) is 12.7. The first-order valence-electron chi connectivity index (χ1n) is 6.83. The molecule has 0 aliphatic rings. The molecule has 118 valence electrons. The second-order valence-electron chi connectivity index (χ2n) is 4.79. The van der Waals surface area contributed by atoms with Gasteiger partial charge in [0, 0.05) is 12.1 Å². The Morgan fingerprint density at radius 2 is 2.10 bits per heavy atom. The van der Waals surface area contributed by atoms with Crippen molar-refractivity contribution in [2.75, 3.05) is 5.32 Å². The van der Waals surface area contributed by atoms with Crippen LogP contribution in [0.5, 0.6) is 0 Å². The number of pyridine rings is 1. The summed E-state index contributed by atoms with van der Waals surface area (Å²) in [4.78, 5) is 15.6. The van der Waals surface area contributed by atoms with Gasteiger partial charge in [0.1, 0.15) is 0 Å². The van der Waals surface area contributed by atoms with Gasteiger partial charge in [0.25, 0.3) is 0 Å². The van der Waals surface area contributed by atoms with E-state index in [4.69, 9.17) is 11.6 Å². The van der Waals surface area contributed by atoms with Crippen molar-refractivity contribution in [1.82, 2.24) is 4.98 Å². The van der Waals surface area contributed by atoms with Gasteiger partial charge in [-0.05, 0) is 18.9 Å². The second-order valence-corrected chi connectivity index (χ2v) is 5.20. The number of anilines is 1. The molecule has 1 heterocycles. The van der Waals surface area contributed by atoms with Crippen molar-refractivity contribution in [3.05, 3.63) is 22.8 Å². The fourth-order valence-corrected chi connectivity index (χ4v) is 2.09. The zero-order valence-electron chi connectivity index (χ0n) is 11.9. The molecular formula is C14H18ClF3N2O. The van der Waals surface area contributed by atoms with E-state index in [2.05, 4.69) is 10.3 Å². The summed E-state index contributed by atoms with van der Waals surface area (Å²) in [5.74, 6) is -0.491. The predicted molar refractivity (Wildman–Crippen MR) is 76.2 cm³/mol. The van der Waals surface area contributed by atoms with Crippen LogP contribution in [0.3, 0.4) is 0 Å². The van der Waals surface area contributed by atoms with Gasteiger partial charge in [-0.25, -0.2) is 4.98 Å². The van der Waals surface area contributed by atoms with Gasteiger partial charge in [-0.3, -0.25) is 4.79 Å². The lowest BCUT2D eigenvalue weighted by atomic mass is 9.98. The Hall–Kier alpha value is -1.30. The summed E-state index contributed by atoms with van der Waals surface area (Å²) in [6.07, 6.45) is -0.564. The first kappa shape index (κ1) is 17.8. The number of carbonyl (C=O) groups excluding carboxylic acids is 1. The van der Waals surface area contributed by atoms with E-state index >= 15 is 0 Å². The molecule has 1 aromatic rings. The number of alkyl halides is 3. The number of halogens is 4. The molecule has 7 heteroatoms. The lowest BCUT2D eigenvalue weighted by molar-refractivity contribution is -0.137. The van der Waals surface area contributed by atoms with Crippen LogP contribution in [0.25, 0.3) is 0 Å².